The van der Waals surface area contributed by atoms with Gasteiger partial charge in [0.1, 0.15) is 0 Å². The third-order valence-corrected chi connectivity index (χ3v) is 3.50. The average Bonchev–Trinajstić information content (AvgIpc) is 2.47. The first kappa shape index (κ1) is 15.8. The first-order chi connectivity index (χ1) is 10.1. The van der Waals surface area contributed by atoms with E-state index in [1.165, 1.54) is 0 Å². The van der Waals surface area contributed by atoms with Gasteiger partial charge in [0.2, 0.25) is 5.91 Å². The van der Waals surface area contributed by atoms with Crippen LogP contribution < -0.4 is 11.1 Å². The van der Waals surface area contributed by atoms with Crippen LogP contribution in [0, 0.1) is 0 Å². The molecule has 0 saturated carbocycles. The lowest BCUT2D eigenvalue weighted by molar-refractivity contribution is -0.118. The van der Waals surface area contributed by atoms with Gasteiger partial charge in [-0.25, -0.2) is 0 Å². The van der Waals surface area contributed by atoms with E-state index in [9.17, 15) is 9.90 Å². The summed E-state index contributed by atoms with van der Waals surface area (Å²) in [6.45, 7) is 4.05. The summed E-state index contributed by atoms with van der Waals surface area (Å²) in [5.74, 6) is -0.0624. The highest BCUT2D eigenvalue weighted by Crippen LogP contribution is 2.17. The summed E-state index contributed by atoms with van der Waals surface area (Å²) < 4.78 is 5.58. The first-order valence-electron chi connectivity index (χ1n) is 7.21. The van der Waals surface area contributed by atoms with Gasteiger partial charge in [-0.15, -0.1) is 0 Å². The van der Waals surface area contributed by atoms with Crippen molar-refractivity contribution in [3.63, 3.8) is 0 Å². The minimum Gasteiger partial charge on any atom is -0.397 e. The number of anilines is 2. The maximum atomic E-state index is 12.0. The fraction of sp³-hybridized carbons (Fsp3) is 0.533. The van der Waals surface area contributed by atoms with E-state index in [2.05, 4.69) is 10.2 Å². The van der Waals surface area contributed by atoms with Crippen molar-refractivity contribution in [1.82, 2.24) is 4.90 Å². The summed E-state index contributed by atoms with van der Waals surface area (Å²) in [6, 6.07) is 7.20. The Kier molecular flexibility index (Phi) is 5.55. The van der Waals surface area contributed by atoms with Crippen LogP contribution in [0.15, 0.2) is 24.3 Å². The van der Waals surface area contributed by atoms with E-state index in [0.29, 0.717) is 30.9 Å². The van der Waals surface area contributed by atoms with Crippen LogP contribution in [0.4, 0.5) is 11.4 Å². The zero-order valence-electron chi connectivity index (χ0n) is 12.3. The highest BCUT2D eigenvalue weighted by Gasteiger charge is 2.24. The van der Waals surface area contributed by atoms with Gasteiger partial charge in [-0.2, -0.15) is 0 Å². The number of hydrogen-bond acceptors (Lipinski definition) is 5. The number of carbonyl (C=O) groups is 1. The number of rotatable bonds is 5. The number of nitrogens with one attached hydrogen (secondary N) is 1. The van der Waals surface area contributed by atoms with Crippen LogP contribution in [0.25, 0.3) is 0 Å². The summed E-state index contributed by atoms with van der Waals surface area (Å²) in [7, 11) is 0. The molecule has 0 radical (unpaired) electrons. The number of para-hydroxylation sites is 2. The summed E-state index contributed by atoms with van der Waals surface area (Å²) in [5, 5.41) is 12.0. The molecule has 2 rings (SSSR count). The van der Waals surface area contributed by atoms with Gasteiger partial charge >= 0.3 is 0 Å². The standard InChI is InChI=1S/C15H23N3O3/c1-11-8-18(9-12(10-19)21-11)7-6-15(20)17-14-5-3-2-4-13(14)16/h2-5,11-12,19H,6-10,16H2,1H3,(H,17,20). The number of morpholine rings is 1. The molecule has 1 heterocycles. The Morgan fingerprint density at radius 2 is 2.24 bits per heavy atom. The molecule has 1 aliphatic rings. The van der Waals surface area contributed by atoms with E-state index in [1.54, 1.807) is 12.1 Å². The number of amides is 1. The van der Waals surface area contributed by atoms with Crippen LogP contribution in [0.3, 0.4) is 0 Å². The molecule has 2 atom stereocenters. The summed E-state index contributed by atoms with van der Waals surface area (Å²) in [5.41, 5.74) is 7.00. The number of nitrogens with two attached hydrogens (primary N) is 1. The van der Waals surface area contributed by atoms with Gasteiger partial charge < -0.3 is 20.9 Å². The molecule has 1 aliphatic heterocycles. The Bertz CT molecular complexity index is 481. The fourth-order valence-corrected chi connectivity index (χ4v) is 2.51. The number of ether oxygens (including phenoxy) is 1. The molecule has 0 aliphatic carbocycles. The number of benzene rings is 1. The molecule has 1 fully saturated rings. The molecule has 1 aromatic carbocycles. The molecule has 116 valence electrons. The first-order valence-corrected chi connectivity index (χ1v) is 7.21. The third kappa shape index (κ3) is 4.70. The molecule has 0 spiro atoms. The van der Waals surface area contributed by atoms with Crippen LogP contribution in [0.2, 0.25) is 0 Å². The summed E-state index contributed by atoms with van der Waals surface area (Å²) >= 11 is 0. The molecule has 0 bridgehead atoms. The normalized spacial score (nSPS) is 23.0. The predicted molar refractivity (Wildman–Crippen MR) is 82.0 cm³/mol. The van der Waals surface area contributed by atoms with Gasteiger partial charge in [0.25, 0.3) is 0 Å². The fourth-order valence-electron chi connectivity index (χ4n) is 2.51. The highest BCUT2D eigenvalue weighted by atomic mass is 16.5. The van der Waals surface area contributed by atoms with Gasteiger partial charge in [0.15, 0.2) is 0 Å². The van der Waals surface area contributed by atoms with Crippen LogP contribution >= 0.6 is 0 Å². The second-order valence-electron chi connectivity index (χ2n) is 5.40. The lowest BCUT2D eigenvalue weighted by Crippen LogP contribution is -2.48. The molecular formula is C15H23N3O3. The number of aliphatic hydroxyl groups excluding tert-OH is 1. The maximum absolute atomic E-state index is 12.0. The van der Waals surface area contributed by atoms with Crippen molar-refractivity contribution in [2.45, 2.75) is 25.6 Å². The van der Waals surface area contributed by atoms with Crippen molar-refractivity contribution in [3.8, 4) is 0 Å². The number of hydrogen-bond donors (Lipinski definition) is 3. The number of nitrogen functional groups attached to an aromatic ring is 1. The van der Waals surface area contributed by atoms with Crippen LogP contribution in [0.5, 0.6) is 0 Å². The van der Waals surface area contributed by atoms with Crippen molar-refractivity contribution in [2.75, 3.05) is 37.3 Å². The van der Waals surface area contributed by atoms with E-state index in [0.717, 1.165) is 6.54 Å². The Balaban J connectivity index is 1.80. The Morgan fingerprint density at radius 3 is 2.95 bits per heavy atom. The third-order valence-electron chi connectivity index (χ3n) is 3.50. The smallest absolute Gasteiger partial charge is 0.225 e. The van der Waals surface area contributed by atoms with E-state index in [4.69, 9.17) is 10.5 Å². The Hall–Kier alpha value is -1.63. The van der Waals surface area contributed by atoms with Gasteiger partial charge in [-0.3, -0.25) is 9.69 Å². The van der Waals surface area contributed by atoms with Crippen molar-refractivity contribution >= 4 is 17.3 Å². The van der Waals surface area contributed by atoms with Gasteiger partial charge in [-0.1, -0.05) is 12.1 Å². The molecule has 0 aromatic heterocycles. The van der Waals surface area contributed by atoms with Gasteiger partial charge in [-0.05, 0) is 19.1 Å². The monoisotopic (exact) mass is 293 g/mol. The Labute approximate surface area is 124 Å². The van der Waals surface area contributed by atoms with Crippen molar-refractivity contribution in [1.29, 1.82) is 0 Å². The molecule has 1 saturated heterocycles. The minimum atomic E-state index is -0.165. The topological polar surface area (TPSA) is 87.8 Å². The van der Waals surface area contributed by atoms with Gasteiger partial charge in [0.05, 0.1) is 30.2 Å². The molecule has 1 amide bonds. The lowest BCUT2D eigenvalue weighted by Gasteiger charge is -2.35. The molecule has 21 heavy (non-hydrogen) atoms. The van der Waals surface area contributed by atoms with E-state index < -0.39 is 0 Å². The molecule has 6 nitrogen and oxygen atoms in total. The molecule has 2 unspecified atom stereocenters. The Morgan fingerprint density at radius 1 is 1.48 bits per heavy atom. The van der Waals surface area contributed by atoms with Crippen molar-refractivity contribution in [3.05, 3.63) is 24.3 Å². The lowest BCUT2D eigenvalue weighted by atomic mass is 10.2. The molecular weight excluding hydrogens is 270 g/mol. The second-order valence-corrected chi connectivity index (χ2v) is 5.40. The average molecular weight is 293 g/mol. The summed E-state index contributed by atoms with van der Waals surface area (Å²) in [4.78, 5) is 14.1. The zero-order chi connectivity index (χ0) is 15.2. The number of aliphatic hydroxyl groups is 1. The summed E-state index contributed by atoms with van der Waals surface area (Å²) in [6.07, 6.45) is 0.296. The largest absolute Gasteiger partial charge is 0.397 e. The van der Waals surface area contributed by atoms with Crippen LogP contribution in [0.1, 0.15) is 13.3 Å². The van der Waals surface area contributed by atoms with E-state index in [1.807, 2.05) is 19.1 Å². The van der Waals surface area contributed by atoms with Gasteiger partial charge in [0, 0.05) is 26.1 Å². The molecule has 6 heteroatoms. The second kappa shape index (κ2) is 7.40. The van der Waals surface area contributed by atoms with Crippen LogP contribution in [-0.2, 0) is 9.53 Å². The molecule has 4 N–H and O–H groups in total. The van der Waals surface area contributed by atoms with Crippen LogP contribution in [-0.4, -0.2) is 54.4 Å². The quantitative estimate of drug-likeness (QED) is 0.695. The van der Waals surface area contributed by atoms with Crippen molar-refractivity contribution < 1.29 is 14.6 Å². The minimum absolute atomic E-state index is 0.00753. The van der Waals surface area contributed by atoms with E-state index in [-0.39, 0.29) is 24.7 Å². The number of carbonyl (C=O) groups excluding carboxylic acids is 1. The zero-order valence-corrected chi connectivity index (χ0v) is 12.3. The highest BCUT2D eigenvalue weighted by molar-refractivity contribution is 5.93. The maximum Gasteiger partial charge on any atom is 0.225 e. The molecule has 1 aromatic rings. The predicted octanol–water partition coefficient (Wildman–Crippen LogP) is 0.679. The van der Waals surface area contributed by atoms with E-state index >= 15 is 0 Å². The van der Waals surface area contributed by atoms with Crippen molar-refractivity contribution in [2.24, 2.45) is 0 Å². The SMILES string of the molecule is CC1CN(CCC(=O)Nc2ccccc2N)CC(CO)O1. The number of nitrogens with zero attached hydrogens (tertiary/aromatic N) is 1.